The zero-order valence-electron chi connectivity index (χ0n) is 14.9. The fourth-order valence-electron chi connectivity index (χ4n) is 2.99. The molecule has 0 amide bonds. The van der Waals surface area contributed by atoms with Crippen molar-refractivity contribution in [3.05, 3.63) is 76.8 Å². The average Bonchev–Trinajstić information content (AvgIpc) is 2.68. The summed E-state index contributed by atoms with van der Waals surface area (Å²) in [5.74, 6) is 0.837. The fraction of sp³-hybridized carbons (Fsp3) is 0.273. The van der Waals surface area contributed by atoms with Gasteiger partial charge in [0.2, 0.25) is 0 Å². The molecule has 3 nitrogen and oxygen atoms in total. The van der Waals surface area contributed by atoms with E-state index in [1.165, 1.54) is 5.39 Å². The monoisotopic (exact) mass is 369 g/mol. The van der Waals surface area contributed by atoms with Crippen LogP contribution in [0.5, 0.6) is 5.75 Å². The summed E-state index contributed by atoms with van der Waals surface area (Å²) in [6.07, 6.45) is 0.872. The minimum absolute atomic E-state index is 0.0744. The topological polar surface area (TPSA) is 41.5 Å². The van der Waals surface area contributed by atoms with Crippen molar-refractivity contribution in [2.24, 2.45) is 0 Å². The van der Waals surface area contributed by atoms with Gasteiger partial charge in [-0.3, -0.25) is 0 Å². The predicted molar refractivity (Wildman–Crippen MR) is 108 cm³/mol. The fourth-order valence-corrected chi connectivity index (χ4v) is 3.18. The molecular weight excluding hydrogens is 346 g/mol. The molecule has 0 aliphatic rings. The van der Waals surface area contributed by atoms with Crippen molar-refractivity contribution in [3.63, 3.8) is 0 Å². The molecule has 136 valence electrons. The van der Waals surface area contributed by atoms with Crippen LogP contribution < -0.4 is 10.1 Å². The van der Waals surface area contributed by atoms with Crippen molar-refractivity contribution in [3.8, 4) is 5.75 Å². The zero-order valence-corrected chi connectivity index (χ0v) is 15.7. The first-order valence-electron chi connectivity index (χ1n) is 8.94. The molecule has 3 rings (SSSR count). The molecule has 0 aromatic heterocycles. The van der Waals surface area contributed by atoms with E-state index in [4.69, 9.17) is 16.3 Å². The van der Waals surface area contributed by atoms with Gasteiger partial charge in [0.1, 0.15) is 12.4 Å². The van der Waals surface area contributed by atoms with Crippen molar-refractivity contribution >= 4 is 22.4 Å². The number of hydrogen-bond acceptors (Lipinski definition) is 3. The summed E-state index contributed by atoms with van der Waals surface area (Å²) in [5, 5.41) is 15.9. The number of aliphatic hydroxyl groups is 1. The molecule has 0 heterocycles. The quantitative estimate of drug-likeness (QED) is 0.591. The van der Waals surface area contributed by atoms with E-state index in [2.05, 4.69) is 30.4 Å². The Bertz CT molecular complexity index is 862. The van der Waals surface area contributed by atoms with Crippen LogP contribution in [0.15, 0.2) is 60.7 Å². The third-order valence-electron chi connectivity index (χ3n) is 4.62. The molecule has 1 unspecified atom stereocenters. The number of nitrogens with one attached hydrogen (secondary N) is 1. The Hall–Kier alpha value is -2.07. The first-order chi connectivity index (χ1) is 12.7. The van der Waals surface area contributed by atoms with Gasteiger partial charge in [0.15, 0.2) is 0 Å². The highest BCUT2D eigenvalue weighted by Crippen LogP contribution is 2.29. The number of halogens is 1. The minimum atomic E-state index is 0.0744. The molecule has 4 heteroatoms. The van der Waals surface area contributed by atoms with Crippen LogP contribution in [-0.2, 0) is 13.2 Å². The van der Waals surface area contributed by atoms with Gasteiger partial charge in [0.25, 0.3) is 0 Å². The van der Waals surface area contributed by atoms with Crippen LogP contribution in [0.25, 0.3) is 10.8 Å². The van der Waals surface area contributed by atoms with E-state index in [1.807, 2.05) is 42.5 Å². The summed E-state index contributed by atoms with van der Waals surface area (Å²) in [6, 6.07) is 20.1. The van der Waals surface area contributed by atoms with Gasteiger partial charge in [-0.1, -0.05) is 67.1 Å². The molecule has 0 saturated carbocycles. The maximum atomic E-state index is 9.46. The number of aliphatic hydroxyl groups excluding tert-OH is 1. The molecule has 0 radical (unpaired) electrons. The van der Waals surface area contributed by atoms with Crippen LogP contribution >= 0.6 is 11.6 Å². The molecule has 3 aromatic rings. The van der Waals surface area contributed by atoms with Gasteiger partial charge in [-0.2, -0.15) is 0 Å². The lowest BCUT2D eigenvalue weighted by Crippen LogP contribution is -2.31. The Kier molecular flexibility index (Phi) is 6.51. The van der Waals surface area contributed by atoms with E-state index in [0.29, 0.717) is 18.2 Å². The van der Waals surface area contributed by atoms with Gasteiger partial charge in [0.05, 0.1) is 6.61 Å². The van der Waals surface area contributed by atoms with Gasteiger partial charge in [-0.25, -0.2) is 0 Å². The third kappa shape index (κ3) is 4.36. The number of benzene rings is 3. The van der Waals surface area contributed by atoms with E-state index in [1.54, 1.807) is 0 Å². The molecule has 0 aliphatic carbocycles. The lowest BCUT2D eigenvalue weighted by Gasteiger charge is -2.18. The van der Waals surface area contributed by atoms with Crippen LogP contribution in [0.4, 0.5) is 0 Å². The van der Waals surface area contributed by atoms with Crippen molar-refractivity contribution in [2.45, 2.75) is 32.5 Å². The van der Waals surface area contributed by atoms with Crippen LogP contribution in [0.1, 0.15) is 24.5 Å². The molecule has 26 heavy (non-hydrogen) atoms. The maximum absolute atomic E-state index is 9.46. The van der Waals surface area contributed by atoms with Crippen molar-refractivity contribution in [1.82, 2.24) is 5.32 Å². The zero-order chi connectivity index (χ0) is 18.4. The molecule has 1 atom stereocenters. The highest BCUT2D eigenvalue weighted by molar-refractivity contribution is 6.31. The molecule has 0 spiro atoms. The Morgan fingerprint density at radius 2 is 1.81 bits per heavy atom. The first-order valence-corrected chi connectivity index (χ1v) is 9.31. The normalized spacial score (nSPS) is 12.3. The Balaban J connectivity index is 1.88. The van der Waals surface area contributed by atoms with Crippen LogP contribution in [0, 0.1) is 0 Å². The average molecular weight is 370 g/mol. The van der Waals surface area contributed by atoms with Crippen LogP contribution in [0.3, 0.4) is 0 Å². The summed E-state index contributed by atoms with van der Waals surface area (Å²) in [5.41, 5.74) is 2.06. The first kappa shape index (κ1) is 18.7. The Labute approximate surface area is 159 Å². The largest absolute Gasteiger partial charge is 0.488 e. The maximum Gasteiger partial charge on any atom is 0.124 e. The summed E-state index contributed by atoms with van der Waals surface area (Å²) in [4.78, 5) is 0. The van der Waals surface area contributed by atoms with Gasteiger partial charge in [0, 0.05) is 28.7 Å². The van der Waals surface area contributed by atoms with Crippen molar-refractivity contribution in [1.29, 1.82) is 0 Å². The van der Waals surface area contributed by atoms with Crippen LogP contribution in [0.2, 0.25) is 5.02 Å². The van der Waals surface area contributed by atoms with Gasteiger partial charge in [-0.05, 0) is 29.3 Å². The van der Waals surface area contributed by atoms with Crippen molar-refractivity contribution in [2.75, 3.05) is 6.61 Å². The predicted octanol–water partition coefficient (Wildman–Crippen LogP) is 4.93. The molecule has 0 aliphatic heterocycles. The van der Waals surface area contributed by atoms with E-state index in [-0.39, 0.29) is 12.6 Å². The Morgan fingerprint density at radius 1 is 1.04 bits per heavy atom. The van der Waals surface area contributed by atoms with E-state index in [0.717, 1.165) is 28.7 Å². The van der Waals surface area contributed by atoms with Gasteiger partial charge in [-0.15, -0.1) is 0 Å². The molecule has 3 aromatic carbocycles. The number of hydrogen-bond donors (Lipinski definition) is 2. The molecule has 0 bridgehead atoms. The standard InChI is InChI=1S/C22H24ClNO2/c1-2-18(14-25)24-13-20-19-9-5-3-7-16(19)11-12-22(20)26-15-17-8-4-6-10-21(17)23/h3-12,18,24-25H,2,13-15H2,1H3. The summed E-state index contributed by atoms with van der Waals surface area (Å²) in [6.45, 7) is 3.24. The van der Waals surface area contributed by atoms with E-state index in [9.17, 15) is 5.11 Å². The second-order valence-corrected chi connectivity index (χ2v) is 6.72. The van der Waals surface area contributed by atoms with E-state index >= 15 is 0 Å². The number of fused-ring (bicyclic) bond motifs is 1. The SMILES string of the molecule is CCC(CO)NCc1c(OCc2ccccc2Cl)ccc2ccccc12. The van der Waals surface area contributed by atoms with Gasteiger partial charge < -0.3 is 15.2 Å². The summed E-state index contributed by atoms with van der Waals surface area (Å²) < 4.78 is 6.12. The van der Waals surface area contributed by atoms with Gasteiger partial charge >= 0.3 is 0 Å². The molecule has 0 saturated heterocycles. The van der Waals surface area contributed by atoms with Crippen molar-refractivity contribution < 1.29 is 9.84 Å². The summed E-state index contributed by atoms with van der Waals surface area (Å²) in [7, 11) is 0. The van der Waals surface area contributed by atoms with E-state index < -0.39 is 0 Å². The lowest BCUT2D eigenvalue weighted by molar-refractivity contribution is 0.237. The summed E-state index contributed by atoms with van der Waals surface area (Å²) >= 11 is 6.25. The minimum Gasteiger partial charge on any atom is -0.488 e. The van der Waals surface area contributed by atoms with Crippen LogP contribution in [-0.4, -0.2) is 17.8 Å². The highest BCUT2D eigenvalue weighted by Gasteiger charge is 2.12. The Morgan fingerprint density at radius 3 is 2.58 bits per heavy atom. The lowest BCUT2D eigenvalue weighted by atomic mass is 10.0. The highest BCUT2D eigenvalue weighted by atomic mass is 35.5. The molecular formula is C22H24ClNO2. The number of rotatable bonds is 8. The second-order valence-electron chi connectivity index (χ2n) is 6.31. The second kappa shape index (κ2) is 9.04. The third-order valence-corrected chi connectivity index (χ3v) is 4.99. The molecule has 0 fully saturated rings. The smallest absolute Gasteiger partial charge is 0.124 e. The number of ether oxygens (including phenoxy) is 1. The molecule has 2 N–H and O–H groups in total.